The zero-order valence-electron chi connectivity index (χ0n) is 11.4. The van der Waals surface area contributed by atoms with E-state index in [1.807, 2.05) is 13.0 Å². The monoisotopic (exact) mass is 346 g/mol. The maximum atomic E-state index is 4.66. The van der Waals surface area contributed by atoms with E-state index in [4.69, 9.17) is 0 Å². The van der Waals surface area contributed by atoms with E-state index in [0.29, 0.717) is 0 Å². The Morgan fingerprint density at radius 3 is 2.75 bits per heavy atom. The first-order valence-corrected chi connectivity index (χ1v) is 8.12. The van der Waals surface area contributed by atoms with Crippen LogP contribution in [0.2, 0.25) is 0 Å². The van der Waals surface area contributed by atoms with Crippen molar-refractivity contribution in [3.8, 4) is 0 Å². The molecule has 1 N–H and O–H groups in total. The standard InChI is InChI=1S/C16H15BrN2S/c1-10-6-7-12-4-3-5-13(16(12)18-10)19-11(2)14-8-9-15(17)20-14/h3-9,11,19H,1-2H3. The topological polar surface area (TPSA) is 24.9 Å². The van der Waals surface area contributed by atoms with Crippen molar-refractivity contribution in [2.45, 2.75) is 19.9 Å². The molecule has 0 saturated heterocycles. The van der Waals surface area contributed by atoms with Gasteiger partial charge in [0.1, 0.15) is 0 Å². The first kappa shape index (κ1) is 13.6. The number of anilines is 1. The molecule has 0 fully saturated rings. The number of para-hydroxylation sites is 1. The molecule has 0 aliphatic carbocycles. The van der Waals surface area contributed by atoms with Crippen LogP contribution in [0.15, 0.2) is 46.3 Å². The molecular weight excluding hydrogens is 332 g/mol. The lowest BCUT2D eigenvalue weighted by molar-refractivity contribution is 0.909. The van der Waals surface area contributed by atoms with Gasteiger partial charge in [-0.25, -0.2) is 0 Å². The van der Waals surface area contributed by atoms with Crippen LogP contribution in [0.1, 0.15) is 23.5 Å². The van der Waals surface area contributed by atoms with Crippen LogP contribution in [0.3, 0.4) is 0 Å². The minimum absolute atomic E-state index is 0.263. The summed E-state index contributed by atoms with van der Waals surface area (Å²) in [7, 11) is 0. The number of hydrogen-bond donors (Lipinski definition) is 1. The van der Waals surface area contributed by atoms with Gasteiger partial charge in [-0.05, 0) is 54.0 Å². The minimum Gasteiger partial charge on any atom is -0.376 e. The number of nitrogens with zero attached hydrogens (tertiary/aromatic N) is 1. The third-order valence-electron chi connectivity index (χ3n) is 3.25. The highest BCUT2D eigenvalue weighted by Crippen LogP contribution is 2.31. The Morgan fingerprint density at radius 1 is 1.15 bits per heavy atom. The molecule has 0 amide bonds. The summed E-state index contributed by atoms with van der Waals surface area (Å²) >= 11 is 5.27. The van der Waals surface area contributed by atoms with Crippen LogP contribution in [0, 0.1) is 6.92 Å². The number of fused-ring (bicyclic) bond motifs is 1. The largest absolute Gasteiger partial charge is 0.376 e. The lowest BCUT2D eigenvalue weighted by Crippen LogP contribution is -2.05. The highest BCUT2D eigenvalue weighted by atomic mass is 79.9. The summed E-state index contributed by atoms with van der Waals surface area (Å²) < 4.78 is 1.16. The van der Waals surface area contributed by atoms with Gasteiger partial charge in [-0.3, -0.25) is 4.98 Å². The van der Waals surface area contributed by atoms with Crippen LogP contribution in [0.25, 0.3) is 10.9 Å². The maximum absolute atomic E-state index is 4.66. The van der Waals surface area contributed by atoms with E-state index in [2.05, 4.69) is 69.6 Å². The second kappa shape index (κ2) is 5.54. The van der Waals surface area contributed by atoms with Gasteiger partial charge in [-0.15, -0.1) is 11.3 Å². The van der Waals surface area contributed by atoms with Gasteiger partial charge < -0.3 is 5.32 Å². The van der Waals surface area contributed by atoms with Crippen LogP contribution in [-0.2, 0) is 0 Å². The second-order valence-electron chi connectivity index (χ2n) is 4.84. The zero-order valence-corrected chi connectivity index (χ0v) is 13.8. The van der Waals surface area contributed by atoms with Gasteiger partial charge in [0.15, 0.2) is 0 Å². The molecule has 1 aromatic carbocycles. The highest BCUT2D eigenvalue weighted by molar-refractivity contribution is 9.11. The molecule has 0 radical (unpaired) electrons. The predicted octanol–water partition coefficient (Wildman–Crippen LogP) is 5.54. The Bertz CT molecular complexity index is 751. The smallest absolute Gasteiger partial charge is 0.0936 e. The summed E-state index contributed by atoms with van der Waals surface area (Å²) in [5, 5.41) is 4.74. The van der Waals surface area contributed by atoms with Gasteiger partial charge >= 0.3 is 0 Å². The van der Waals surface area contributed by atoms with Gasteiger partial charge in [-0.1, -0.05) is 18.2 Å². The normalized spacial score (nSPS) is 12.6. The Kier molecular flexibility index (Phi) is 3.76. The fourth-order valence-corrected chi connectivity index (χ4v) is 3.65. The number of pyridine rings is 1. The summed E-state index contributed by atoms with van der Waals surface area (Å²) in [5.74, 6) is 0. The van der Waals surface area contributed by atoms with E-state index in [1.165, 1.54) is 10.3 Å². The molecule has 0 aliphatic rings. The Labute approximate surface area is 131 Å². The van der Waals surface area contributed by atoms with E-state index in [9.17, 15) is 0 Å². The summed E-state index contributed by atoms with van der Waals surface area (Å²) in [6, 6.07) is 14.9. The zero-order chi connectivity index (χ0) is 14.1. The van der Waals surface area contributed by atoms with Gasteiger partial charge in [0, 0.05) is 16.0 Å². The molecule has 2 aromatic heterocycles. The number of aryl methyl sites for hydroxylation is 1. The van der Waals surface area contributed by atoms with Crippen molar-refractivity contribution in [3.05, 3.63) is 56.8 Å². The fourth-order valence-electron chi connectivity index (χ4n) is 2.23. The predicted molar refractivity (Wildman–Crippen MR) is 90.5 cm³/mol. The van der Waals surface area contributed by atoms with Gasteiger partial charge in [-0.2, -0.15) is 0 Å². The highest BCUT2D eigenvalue weighted by Gasteiger charge is 2.10. The van der Waals surface area contributed by atoms with Crippen LogP contribution in [0.5, 0.6) is 0 Å². The van der Waals surface area contributed by atoms with Crippen molar-refractivity contribution in [2.75, 3.05) is 5.32 Å². The first-order chi connectivity index (χ1) is 9.63. The summed E-state index contributed by atoms with van der Waals surface area (Å²) in [4.78, 5) is 5.97. The second-order valence-corrected chi connectivity index (χ2v) is 7.33. The molecule has 2 nitrogen and oxygen atoms in total. The summed E-state index contributed by atoms with van der Waals surface area (Å²) in [6.07, 6.45) is 0. The van der Waals surface area contributed by atoms with Gasteiger partial charge in [0.25, 0.3) is 0 Å². The number of thiophene rings is 1. The molecular formula is C16H15BrN2S. The molecule has 0 bridgehead atoms. The molecule has 20 heavy (non-hydrogen) atoms. The van der Waals surface area contributed by atoms with E-state index in [1.54, 1.807) is 11.3 Å². The quantitative estimate of drug-likeness (QED) is 0.673. The number of halogens is 1. The maximum Gasteiger partial charge on any atom is 0.0936 e. The number of rotatable bonds is 3. The van der Waals surface area contributed by atoms with E-state index >= 15 is 0 Å². The summed E-state index contributed by atoms with van der Waals surface area (Å²) in [6.45, 7) is 4.20. The Morgan fingerprint density at radius 2 is 2.00 bits per heavy atom. The fraction of sp³-hybridized carbons (Fsp3) is 0.188. The van der Waals surface area contributed by atoms with Crippen LogP contribution in [-0.4, -0.2) is 4.98 Å². The van der Waals surface area contributed by atoms with Crippen molar-refractivity contribution < 1.29 is 0 Å². The minimum atomic E-state index is 0.263. The third-order valence-corrected chi connectivity index (χ3v) is 5.06. The lowest BCUT2D eigenvalue weighted by Gasteiger charge is -2.15. The number of nitrogens with one attached hydrogen (secondary N) is 1. The van der Waals surface area contributed by atoms with Crippen molar-refractivity contribution in [1.82, 2.24) is 4.98 Å². The van der Waals surface area contributed by atoms with Gasteiger partial charge in [0.2, 0.25) is 0 Å². The van der Waals surface area contributed by atoms with Crippen LogP contribution < -0.4 is 5.32 Å². The molecule has 0 aliphatic heterocycles. The number of aromatic nitrogens is 1. The van der Waals surface area contributed by atoms with E-state index < -0.39 is 0 Å². The molecule has 102 valence electrons. The molecule has 1 atom stereocenters. The third kappa shape index (κ3) is 2.72. The molecule has 4 heteroatoms. The number of benzene rings is 1. The van der Waals surface area contributed by atoms with Crippen LogP contribution in [0.4, 0.5) is 5.69 Å². The Balaban J connectivity index is 1.96. The molecule has 2 heterocycles. The first-order valence-electron chi connectivity index (χ1n) is 6.51. The van der Waals surface area contributed by atoms with Crippen LogP contribution >= 0.6 is 27.3 Å². The average Bonchev–Trinajstić information content (AvgIpc) is 2.86. The van der Waals surface area contributed by atoms with E-state index in [-0.39, 0.29) is 6.04 Å². The van der Waals surface area contributed by atoms with Crippen molar-refractivity contribution in [3.63, 3.8) is 0 Å². The molecule has 0 spiro atoms. The van der Waals surface area contributed by atoms with Crippen molar-refractivity contribution in [2.24, 2.45) is 0 Å². The molecule has 3 rings (SSSR count). The van der Waals surface area contributed by atoms with Crippen molar-refractivity contribution >= 4 is 43.9 Å². The van der Waals surface area contributed by atoms with E-state index in [0.717, 1.165) is 20.7 Å². The van der Waals surface area contributed by atoms with Crippen molar-refractivity contribution in [1.29, 1.82) is 0 Å². The number of hydrogen-bond acceptors (Lipinski definition) is 3. The molecule has 3 aromatic rings. The molecule has 0 saturated carbocycles. The lowest BCUT2D eigenvalue weighted by atomic mass is 10.1. The van der Waals surface area contributed by atoms with Gasteiger partial charge in [0.05, 0.1) is 21.0 Å². The average molecular weight is 347 g/mol. The summed E-state index contributed by atoms with van der Waals surface area (Å²) in [5.41, 5.74) is 3.16. The SMILES string of the molecule is Cc1ccc2cccc(NC(C)c3ccc(Br)s3)c2n1. The Hall–Kier alpha value is -1.39. The molecule has 1 unspecified atom stereocenters.